The molecule has 0 aliphatic heterocycles. The maximum atomic E-state index is 12.0. The standard InChI is InChI=1S/C17H16N2O5/c1-11-6-2-5-9-14(11)24-10-15(20)18-19-16(21)12-7-3-4-8-13(12)17(22)23/h2-9H,10H2,1H3,(H,18,20)(H,19,21)(H,22,23). The van der Waals surface area contributed by atoms with Crippen LogP contribution in [0.25, 0.3) is 0 Å². The minimum atomic E-state index is -1.23. The molecule has 0 aliphatic rings. The normalized spacial score (nSPS) is 9.88. The second kappa shape index (κ2) is 7.77. The van der Waals surface area contributed by atoms with Crippen LogP contribution in [-0.2, 0) is 4.79 Å². The van der Waals surface area contributed by atoms with E-state index in [-0.39, 0.29) is 17.7 Å². The number of aryl methyl sites for hydroxylation is 1. The maximum Gasteiger partial charge on any atom is 0.336 e. The molecule has 2 aromatic carbocycles. The Morgan fingerprint density at radius 2 is 1.58 bits per heavy atom. The van der Waals surface area contributed by atoms with E-state index in [0.29, 0.717) is 5.75 Å². The van der Waals surface area contributed by atoms with E-state index in [2.05, 4.69) is 10.9 Å². The molecule has 0 unspecified atom stereocenters. The van der Waals surface area contributed by atoms with Gasteiger partial charge in [0, 0.05) is 0 Å². The lowest BCUT2D eigenvalue weighted by Gasteiger charge is -2.11. The first-order valence-electron chi connectivity index (χ1n) is 7.09. The number of hydrogen-bond acceptors (Lipinski definition) is 4. The zero-order valence-corrected chi connectivity index (χ0v) is 12.9. The van der Waals surface area contributed by atoms with Crippen molar-refractivity contribution in [2.45, 2.75) is 6.92 Å². The van der Waals surface area contributed by atoms with Crippen molar-refractivity contribution in [3.63, 3.8) is 0 Å². The number of carbonyl (C=O) groups excluding carboxylic acids is 2. The van der Waals surface area contributed by atoms with Crippen LogP contribution in [0.1, 0.15) is 26.3 Å². The van der Waals surface area contributed by atoms with E-state index < -0.39 is 17.8 Å². The summed E-state index contributed by atoms with van der Waals surface area (Å²) in [4.78, 5) is 34.8. The van der Waals surface area contributed by atoms with Crippen LogP contribution in [0.5, 0.6) is 5.75 Å². The summed E-state index contributed by atoms with van der Waals surface area (Å²) >= 11 is 0. The lowest BCUT2D eigenvalue weighted by molar-refractivity contribution is -0.123. The van der Waals surface area contributed by atoms with Gasteiger partial charge in [-0.05, 0) is 30.7 Å². The smallest absolute Gasteiger partial charge is 0.336 e. The fourth-order valence-electron chi connectivity index (χ4n) is 1.96. The van der Waals surface area contributed by atoms with Crippen LogP contribution >= 0.6 is 0 Å². The number of aromatic carboxylic acids is 1. The van der Waals surface area contributed by atoms with E-state index in [1.54, 1.807) is 12.1 Å². The second-order valence-corrected chi connectivity index (χ2v) is 4.91. The predicted octanol–water partition coefficient (Wildman–Crippen LogP) is 1.53. The Labute approximate surface area is 138 Å². The number of rotatable bonds is 5. The second-order valence-electron chi connectivity index (χ2n) is 4.91. The molecule has 2 amide bonds. The molecule has 124 valence electrons. The fraction of sp³-hybridized carbons (Fsp3) is 0.118. The van der Waals surface area contributed by atoms with Crippen molar-refractivity contribution in [3.8, 4) is 5.75 Å². The Bertz CT molecular complexity index is 773. The van der Waals surface area contributed by atoms with E-state index in [0.717, 1.165) is 5.56 Å². The summed E-state index contributed by atoms with van der Waals surface area (Å²) in [7, 11) is 0. The highest BCUT2D eigenvalue weighted by Crippen LogP contribution is 2.15. The maximum absolute atomic E-state index is 12.0. The highest BCUT2D eigenvalue weighted by molar-refractivity contribution is 6.05. The molecule has 0 aliphatic carbocycles. The van der Waals surface area contributed by atoms with Crippen molar-refractivity contribution in [1.29, 1.82) is 0 Å². The van der Waals surface area contributed by atoms with Crippen molar-refractivity contribution < 1.29 is 24.2 Å². The van der Waals surface area contributed by atoms with Crippen LogP contribution in [0.3, 0.4) is 0 Å². The van der Waals surface area contributed by atoms with Gasteiger partial charge < -0.3 is 9.84 Å². The molecule has 7 heteroatoms. The SMILES string of the molecule is Cc1ccccc1OCC(=O)NNC(=O)c1ccccc1C(=O)O. The molecular formula is C17H16N2O5. The lowest BCUT2D eigenvalue weighted by Crippen LogP contribution is -2.44. The quantitative estimate of drug-likeness (QED) is 0.722. The van der Waals surface area contributed by atoms with Crippen LogP contribution in [0.15, 0.2) is 48.5 Å². The average Bonchev–Trinajstić information content (AvgIpc) is 2.59. The number of hydrogen-bond donors (Lipinski definition) is 3. The number of carboxylic acid groups (broad SMARTS) is 1. The number of carboxylic acids is 1. The number of amides is 2. The summed E-state index contributed by atoms with van der Waals surface area (Å²) in [5, 5.41) is 9.04. The lowest BCUT2D eigenvalue weighted by atomic mass is 10.1. The number of hydrazine groups is 1. The van der Waals surface area contributed by atoms with Crippen LogP contribution < -0.4 is 15.6 Å². The van der Waals surface area contributed by atoms with E-state index in [9.17, 15) is 14.4 Å². The molecule has 0 radical (unpaired) electrons. The van der Waals surface area contributed by atoms with Crippen LogP contribution in [0.4, 0.5) is 0 Å². The Morgan fingerprint density at radius 1 is 0.958 bits per heavy atom. The minimum absolute atomic E-state index is 0.0508. The molecule has 7 nitrogen and oxygen atoms in total. The summed E-state index contributed by atoms with van der Waals surface area (Å²) in [5.41, 5.74) is 5.02. The largest absolute Gasteiger partial charge is 0.483 e. The third-order valence-electron chi connectivity index (χ3n) is 3.17. The topological polar surface area (TPSA) is 105 Å². The molecule has 0 aromatic heterocycles. The monoisotopic (exact) mass is 328 g/mol. The highest BCUT2D eigenvalue weighted by Gasteiger charge is 2.16. The summed E-state index contributed by atoms with van der Waals surface area (Å²) in [6.45, 7) is 1.56. The number of nitrogens with one attached hydrogen (secondary N) is 2. The van der Waals surface area contributed by atoms with Gasteiger partial charge in [-0.15, -0.1) is 0 Å². The van der Waals surface area contributed by atoms with Crippen molar-refractivity contribution in [2.24, 2.45) is 0 Å². The Hall–Kier alpha value is -3.35. The first-order valence-corrected chi connectivity index (χ1v) is 7.09. The fourth-order valence-corrected chi connectivity index (χ4v) is 1.96. The van der Waals surface area contributed by atoms with Gasteiger partial charge in [-0.1, -0.05) is 30.3 Å². The van der Waals surface area contributed by atoms with E-state index in [4.69, 9.17) is 9.84 Å². The molecule has 3 N–H and O–H groups in total. The molecule has 0 heterocycles. The average molecular weight is 328 g/mol. The molecule has 0 fully saturated rings. The van der Waals surface area contributed by atoms with Gasteiger partial charge in [-0.25, -0.2) is 4.79 Å². The number of carbonyl (C=O) groups is 3. The third-order valence-corrected chi connectivity index (χ3v) is 3.17. The van der Waals surface area contributed by atoms with E-state index in [1.165, 1.54) is 24.3 Å². The Morgan fingerprint density at radius 3 is 2.25 bits per heavy atom. The number of benzene rings is 2. The van der Waals surface area contributed by atoms with E-state index in [1.807, 2.05) is 19.1 Å². The van der Waals surface area contributed by atoms with Gasteiger partial charge in [0.2, 0.25) is 0 Å². The summed E-state index contributed by atoms with van der Waals surface area (Å²) in [6, 6.07) is 12.9. The minimum Gasteiger partial charge on any atom is -0.483 e. The molecule has 0 bridgehead atoms. The molecule has 0 atom stereocenters. The zero-order valence-electron chi connectivity index (χ0n) is 12.9. The van der Waals surface area contributed by atoms with Crippen molar-refractivity contribution in [3.05, 3.63) is 65.2 Å². The molecule has 24 heavy (non-hydrogen) atoms. The van der Waals surface area contributed by atoms with E-state index >= 15 is 0 Å². The molecule has 0 saturated carbocycles. The van der Waals surface area contributed by atoms with Gasteiger partial charge in [0.25, 0.3) is 11.8 Å². The Balaban J connectivity index is 1.89. The number of para-hydroxylation sites is 1. The molecule has 2 rings (SSSR count). The van der Waals surface area contributed by atoms with Crippen molar-refractivity contribution in [1.82, 2.24) is 10.9 Å². The summed E-state index contributed by atoms with van der Waals surface area (Å²) in [5.74, 6) is -1.96. The van der Waals surface area contributed by atoms with Crippen LogP contribution in [-0.4, -0.2) is 29.5 Å². The first-order chi connectivity index (χ1) is 11.5. The zero-order chi connectivity index (χ0) is 17.5. The molecule has 2 aromatic rings. The summed E-state index contributed by atoms with van der Waals surface area (Å²) in [6.07, 6.45) is 0. The predicted molar refractivity (Wildman–Crippen MR) is 85.7 cm³/mol. The highest BCUT2D eigenvalue weighted by atomic mass is 16.5. The molecular weight excluding hydrogens is 312 g/mol. The third kappa shape index (κ3) is 4.33. The van der Waals surface area contributed by atoms with Crippen LogP contribution in [0, 0.1) is 6.92 Å². The van der Waals surface area contributed by atoms with Gasteiger partial charge >= 0.3 is 5.97 Å². The van der Waals surface area contributed by atoms with Crippen LogP contribution in [0.2, 0.25) is 0 Å². The van der Waals surface area contributed by atoms with Gasteiger partial charge in [0.05, 0.1) is 11.1 Å². The van der Waals surface area contributed by atoms with Gasteiger partial charge in [0.15, 0.2) is 6.61 Å². The molecule has 0 spiro atoms. The van der Waals surface area contributed by atoms with Gasteiger partial charge in [-0.2, -0.15) is 0 Å². The Kier molecular flexibility index (Phi) is 5.51. The summed E-state index contributed by atoms with van der Waals surface area (Å²) < 4.78 is 5.34. The number of ether oxygens (including phenoxy) is 1. The van der Waals surface area contributed by atoms with Crippen molar-refractivity contribution in [2.75, 3.05) is 6.61 Å². The van der Waals surface area contributed by atoms with Gasteiger partial charge in [-0.3, -0.25) is 20.4 Å². The van der Waals surface area contributed by atoms with Crippen molar-refractivity contribution >= 4 is 17.8 Å². The first kappa shape index (κ1) is 17.0. The van der Waals surface area contributed by atoms with Gasteiger partial charge in [0.1, 0.15) is 5.75 Å². The molecule has 0 saturated heterocycles.